The van der Waals surface area contributed by atoms with E-state index in [0.29, 0.717) is 23.2 Å². The third-order valence-corrected chi connectivity index (χ3v) is 6.84. The normalized spacial score (nSPS) is 17.2. The van der Waals surface area contributed by atoms with Gasteiger partial charge in [-0.05, 0) is 30.3 Å². The van der Waals surface area contributed by atoms with Crippen LogP contribution >= 0.6 is 0 Å². The molecule has 0 saturated carbocycles. The molecular weight excluding hydrogens is 442 g/mol. The minimum absolute atomic E-state index is 0.613. The quantitative estimate of drug-likeness (QED) is 0.407. The number of aromatic amines is 1. The van der Waals surface area contributed by atoms with Crippen LogP contribution in [0, 0.1) is 0 Å². The number of nitrogens with zero attached hydrogens (tertiary/aromatic N) is 7. The van der Waals surface area contributed by atoms with Gasteiger partial charge < -0.3 is 24.3 Å². The first-order valence-corrected chi connectivity index (χ1v) is 11.9. The van der Waals surface area contributed by atoms with Crippen LogP contribution in [0.25, 0.3) is 28.2 Å². The first-order valence-electron chi connectivity index (χ1n) is 11.9. The molecule has 176 valence electrons. The summed E-state index contributed by atoms with van der Waals surface area (Å²) in [5.41, 5.74) is 5.93. The summed E-state index contributed by atoms with van der Waals surface area (Å²) in [6, 6.07) is 11.0. The molecule has 1 aromatic carbocycles. The third kappa shape index (κ3) is 3.76. The standard InChI is InChI=1S/C25H25N9O/c1-3-18(32-9-11-33(12-10-32)19-15-35-16-19)4-2-17(1)29-24-25-27-7-8-34(25)14-22(31-24)21-13-28-20-5-6-26-23(20)30-21/h1-8,13-14,19H,9-12,15-16H2,(H,26,30)(H,29,31). The molecule has 35 heavy (non-hydrogen) atoms. The molecule has 2 saturated heterocycles. The molecule has 0 amide bonds. The molecule has 0 unspecified atom stereocenters. The fraction of sp³-hybridized carbons (Fsp3) is 0.280. The minimum Gasteiger partial charge on any atom is -0.378 e. The number of benzene rings is 1. The lowest BCUT2D eigenvalue weighted by atomic mass is 10.1. The lowest BCUT2D eigenvalue weighted by molar-refractivity contribution is -0.0660. The Labute approximate surface area is 201 Å². The van der Waals surface area contributed by atoms with E-state index in [1.165, 1.54) is 5.69 Å². The number of rotatable bonds is 5. The first-order chi connectivity index (χ1) is 17.3. The van der Waals surface area contributed by atoms with E-state index in [0.717, 1.165) is 61.9 Å². The second-order valence-corrected chi connectivity index (χ2v) is 8.99. The van der Waals surface area contributed by atoms with Crippen LogP contribution in [0.15, 0.2) is 61.3 Å². The maximum absolute atomic E-state index is 5.35. The van der Waals surface area contributed by atoms with Crippen molar-refractivity contribution in [3.05, 3.63) is 61.3 Å². The van der Waals surface area contributed by atoms with Gasteiger partial charge in [-0.2, -0.15) is 0 Å². The zero-order valence-corrected chi connectivity index (χ0v) is 19.1. The molecular formula is C25H25N9O. The highest BCUT2D eigenvalue weighted by molar-refractivity contribution is 5.76. The van der Waals surface area contributed by atoms with Gasteiger partial charge in [-0.1, -0.05) is 0 Å². The van der Waals surface area contributed by atoms with Gasteiger partial charge in [-0.25, -0.2) is 15.0 Å². The Hall–Kier alpha value is -4.02. The van der Waals surface area contributed by atoms with Crippen molar-refractivity contribution in [1.29, 1.82) is 0 Å². The Bertz CT molecular complexity index is 1480. The summed E-state index contributed by atoms with van der Waals surface area (Å²) in [6.07, 6.45) is 9.18. The third-order valence-electron chi connectivity index (χ3n) is 6.84. The number of H-pyrrole nitrogens is 1. The molecule has 10 heteroatoms. The van der Waals surface area contributed by atoms with Crippen molar-refractivity contribution in [2.45, 2.75) is 6.04 Å². The monoisotopic (exact) mass is 467 g/mol. The molecule has 7 rings (SSSR count). The summed E-state index contributed by atoms with van der Waals surface area (Å²) in [4.78, 5) is 26.6. The van der Waals surface area contributed by atoms with Crippen molar-refractivity contribution in [2.24, 2.45) is 0 Å². The highest BCUT2D eigenvalue weighted by Crippen LogP contribution is 2.26. The van der Waals surface area contributed by atoms with E-state index < -0.39 is 0 Å². The number of hydrogen-bond acceptors (Lipinski definition) is 8. The van der Waals surface area contributed by atoms with E-state index in [-0.39, 0.29) is 0 Å². The molecule has 4 aromatic heterocycles. The number of nitrogens with one attached hydrogen (secondary N) is 2. The van der Waals surface area contributed by atoms with E-state index in [9.17, 15) is 0 Å². The van der Waals surface area contributed by atoms with E-state index in [4.69, 9.17) is 9.72 Å². The van der Waals surface area contributed by atoms with Gasteiger partial charge in [0, 0.05) is 62.3 Å². The Kier molecular flexibility index (Phi) is 4.85. The second-order valence-electron chi connectivity index (χ2n) is 8.99. The number of ether oxygens (including phenoxy) is 1. The van der Waals surface area contributed by atoms with Gasteiger partial charge in [-0.3, -0.25) is 9.88 Å². The summed E-state index contributed by atoms with van der Waals surface area (Å²) >= 11 is 0. The van der Waals surface area contributed by atoms with E-state index in [1.807, 2.05) is 29.1 Å². The zero-order valence-electron chi connectivity index (χ0n) is 19.1. The number of imidazole rings is 1. The van der Waals surface area contributed by atoms with Crippen LogP contribution in [0.2, 0.25) is 0 Å². The minimum atomic E-state index is 0.613. The maximum atomic E-state index is 5.35. The van der Waals surface area contributed by atoms with Crippen LogP contribution in [0.3, 0.4) is 0 Å². The number of piperazine rings is 1. The molecule has 2 aliphatic heterocycles. The van der Waals surface area contributed by atoms with E-state index in [2.05, 4.69) is 59.3 Å². The fourth-order valence-electron chi connectivity index (χ4n) is 4.76. The average Bonchev–Trinajstić information content (AvgIpc) is 3.53. The van der Waals surface area contributed by atoms with Crippen molar-refractivity contribution < 1.29 is 4.74 Å². The van der Waals surface area contributed by atoms with Crippen LogP contribution in [0.5, 0.6) is 0 Å². The Morgan fingerprint density at radius 2 is 1.80 bits per heavy atom. The molecule has 0 atom stereocenters. The smallest absolute Gasteiger partial charge is 0.180 e. The van der Waals surface area contributed by atoms with Gasteiger partial charge in [0.1, 0.15) is 16.9 Å². The molecule has 0 aliphatic carbocycles. The van der Waals surface area contributed by atoms with E-state index in [1.54, 1.807) is 12.4 Å². The first kappa shape index (κ1) is 20.4. The van der Waals surface area contributed by atoms with E-state index >= 15 is 0 Å². The van der Waals surface area contributed by atoms with Crippen molar-refractivity contribution in [2.75, 3.05) is 49.6 Å². The molecule has 2 aliphatic rings. The van der Waals surface area contributed by atoms with Gasteiger partial charge in [0.25, 0.3) is 0 Å². The molecule has 0 spiro atoms. The maximum Gasteiger partial charge on any atom is 0.180 e. The molecule has 5 aromatic rings. The molecule has 0 bridgehead atoms. The zero-order chi connectivity index (χ0) is 23.2. The summed E-state index contributed by atoms with van der Waals surface area (Å²) < 4.78 is 7.30. The van der Waals surface area contributed by atoms with Crippen LogP contribution < -0.4 is 10.2 Å². The fourth-order valence-corrected chi connectivity index (χ4v) is 4.76. The highest BCUT2D eigenvalue weighted by atomic mass is 16.5. The number of aromatic nitrogens is 6. The summed E-state index contributed by atoms with van der Waals surface area (Å²) in [5, 5.41) is 3.45. The average molecular weight is 468 g/mol. The van der Waals surface area contributed by atoms with Crippen LogP contribution in [-0.2, 0) is 4.74 Å². The lowest BCUT2D eigenvalue weighted by Crippen LogP contribution is -2.56. The van der Waals surface area contributed by atoms with Crippen molar-refractivity contribution in [1.82, 2.24) is 34.2 Å². The van der Waals surface area contributed by atoms with Crippen LogP contribution in [0.4, 0.5) is 17.2 Å². The van der Waals surface area contributed by atoms with Crippen molar-refractivity contribution in [3.63, 3.8) is 0 Å². The van der Waals surface area contributed by atoms with Crippen LogP contribution in [-0.4, -0.2) is 79.7 Å². The van der Waals surface area contributed by atoms with Gasteiger partial charge in [0.05, 0.1) is 25.5 Å². The van der Waals surface area contributed by atoms with Crippen molar-refractivity contribution in [3.8, 4) is 11.4 Å². The molecule has 2 N–H and O–H groups in total. The Morgan fingerprint density at radius 1 is 0.943 bits per heavy atom. The predicted molar refractivity (Wildman–Crippen MR) is 134 cm³/mol. The molecule has 6 heterocycles. The molecule has 0 radical (unpaired) electrons. The molecule has 10 nitrogen and oxygen atoms in total. The van der Waals surface area contributed by atoms with Crippen molar-refractivity contribution >= 4 is 34.0 Å². The van der Waals surface area contributed by atoms with Crippen LogP contribution in [0.1, 0.15) is 0 Å². The highest BCUT2D eigenvalue weighted by Gasteiger charge is 2.28. The summed E-state index contributed by atoms with van der Waals surface area (Å²) in [7, 11) is 0. The predicted octanol–water partition coefficient (Wildman–Crippen LogP) is 2.93. The van der Waals surface area contributed by atoms with Gasteiger partial charge in [0.2, 0.25) is 0 Å². The Morgan fingerprint density at radius 3 is 2.60 bits per heavy atom. The SMILES string of the molecule is c1cn2cc(-c3cnc4cc[nH]c4n3)nc(Nc3ccc(N4CCN(C5COC5)CC4)cc3)c2n1. The number of fused-ring (bicyclic) bond motifs is 2. The number of anilines is 3. The summed E-state index contributed by atoms with van der Waals surface area (Å²) in [5.74, 6) is 0.671. The second kappa shape index (κ2) is 8.33. The largest absolute Gasteiger partial charge is 0.378 e. The van der Waals surface area contributed by atoms with Gasteiger partial charge in [-0.15, -0.1) is 0 Å². The Balaban J connectivity index is 1.12. The topological polar surface area (TPSA) is 99.5 Å². The van der Waals surface area contributed by atoms with Gasteiger partial charge in [0.15, 0.2) is 17.1 Å². The lowest BCUT2D eigenvalue weighted by Gasteiger charge is -2.43. The summed E-state index contributed by atoms with van der Waals surface area (Å²) in [6.45, 7) is 6.00. The van der Waals surface area contributed by atoms with Gasteiger partial charge >= 0.3 is 0 Å². The molecule has 2 fully saturated rings. The number of hydrogen-bond donors (Lipinski definition) is 2.